The molecule has 4 heterocycles. The average Bonchev–Trinajstić information content (AvgIpc) is 3.85. The SMILES string of the molecule is c1cc(-n2cccn2)cc(-n2c3ccccc3c3ccc(-c4ncc(-n5c6ccccc6c6ccccc65)o4)cc32)c1. The van der Waals surface area contributed by atoms with Gasteiger partial charge >= 0.3 is 0 Å². The highest BCUT2D eigenvalue weighted by Gasteiger charge is 2.18. The number of rotatable bonds is 4. The number of hydrogen-bond donors (Lipinski definition) is 0. The van der Waals surface area contributed by atoms with E-state index in [9.17, 15) is 0 Å². The summed E-state index contributed by atoms with van der Waals surface area (Å²) >= 11 is 0. The number of nitrogens with zero attached hydrogens (tertiary/aromatic N) is 5. The van der Waals surface area contributed by atoms with Crippen molar-refractivity contribution in [2.75, 3.05) is 0 Å². The van der Waals surface area contributed by atoms with E-state index in [0.717, 1.165) is 39.0 Å². The van der Waals surface area contributed by atoms with Crippen molar-refractivity contribution in [3.63, 3.8) is 0 Å². The minimum Gasteiger partial charge on any atom is -0.420 e. The van der Waals surface area contributed by atoms with Crippen molar-refractivity contribution >= 4 is 43.6 Å². The second-order valence-electron chi connectivity index (χ2n) is 10.4. The van der Waals surface area contributed by atoms with E-state index in [1.54, 1.807) is 6.20 Å². The van der Waals surface area contributed by atoms with Gasteiger partial charge in [0.15, 0.2) is 0 Å². The lowest BCUT2D eigenvalue weighted by Crippen LogP contribution is -1.98. The maximum Gasteiger partial charge on any atom is 0.228 e. The van der Waals surface area contributed by atoms with Crippen LogP contribution in [0.1, 0.15) is 0 Å². The molecule has 0 aliphatic carbocycles. The molecule has 198 valence electrons. The third-order valence-corrected chi connectivity index (χ3v) is 8.07. The normalized spacial score (nSPS) is 11.8. The summed E-state index contributed by atoms with van der Waals surface area (Å²) in [5.74, 6) is 1.27. The first kappa shape index (κ1) is 22.9. The molecule has 9 aromatic rings. The second kappa shape index (κ2) is 8.81. The molecule has 0 fully saturated rings. The molecule has 0 spiro atoms. The van der Waals surface area contributed by atoms with Gasteiger partial charge in [0.25, 0.3) is 0 Å². The van der Waals surface area contributed by atoms with Gasteiger partial charge in [-0.1, -0.05) is 66.7 Å². The molecule has 9 rings (SSSR count). The largest absolute Gasteiger partial charge is 0.420 e. The number of oxazole rings is 1. The maximum atomic E-state index is 6.50. The van der Waals surface area contributed by atoms with Crippen LogP contribution in [0.5, 0.6) is 0 Å². The zero-order valence-electron chi connectivity index (χ0n) is 22.4. The van der Waals surface area contributed by atoms with Gasteiger partial charge < -0.3 is 8.98 Å². The summed E-state index contributed by atoms with van der Waals surface area (Å²) in [6.45, 7) is 0. The fourth-order valence-electron chi connectivity index (χ4n) is 6.24. The monoisotopic (exact) mass is 541 g/mol. The first-order valence-electron chi connectivity index (χ1n) is 13.9. The molecule has 5 aromatic carbocycles. The van der Waals surface area contributed by atoms with Crippen LogP contribution in [-0.4, -0.2) is 23.9 Å². The van der Waals surface area contributed by atoms with Crippen molar-refractivity contribution in [1.29, 1.82) is 0 Å². The van der Waals surface area contributed by atoms with Crippen LogP contribution in [0, 0.1) is 0 Å². The van der Waals surface area contributed by atoms with Gasteiger partial charge in [-0.15, -0.1) is 0 Å². The van der Waals surface area contributed by atoms with Crippen LogP contribution in [0.3, 0.4) is 0 Å². The van der Waals surface area contributed by atoms with Crippen molar-refractivity contribution in [2.24, 2.45) is 0 Å². The van der Waals surface area contributed by atoms with Crippen molar-refractivity contribution in [1.82, 2.24) is 23.9 Å². The third-order valence-electron chi connectivity index (χ3n) is 8.07. The molecule has 6 nitrogen and oxygen atoms in total. The molecular formula is C36H23N5O. The summed E-state index contributed by atoms with van der Waals surface area (Å²) in [5, 5.41) is 9.18. The van der Waals surface area contributed by atoms with Gasteiger partial charge in [0.2, 0.25) is 11.8 Å². The van der Waals surface area contributed by atoms with Crippen LogP contribution in [0.4, 0.5) is 0 Å². The van der Waals surface area contributed by atoms with Crippen LogP contribution in [0.2, 0.25) is 0 Å². The number of fused-ring (bicyclic) bond motifs is 6. The van der Waals surface area contributed by atoms with E-state index in [-0.39, 0.29) is 0 Å². The fraction of sp³-hybridized carbons (Fsp3) is 0. The van der Waals surface area contributed by atoms with Gasteiger partial charge in [-0.05, 0) is 54.6 Å². The summed E-state index contributed by atoms with van der Waals surface area (Å²) in [4.78, 5) is 4.76. The molecule has 0 atom stereocenters. The molecule has 0 saturated carbocycles. The number of hydrogen-bond acceptors (Lipinski definition) is 3. The van der Waals surface area contributed by atoms with Gasteiger partial charge in [-0.2, -0.15) is 5.10 Å². The van der Waals surface area contributed by atoms with Crippen molar-refractivity contribution < 1.29 is 4.42 Å². The van der Waals surface area contributed by atoms with Crippen molar-refractivity contribution in [3.8, 4) is 28.7 Å². The predicted molar refractivity (Wildman–Crippen MR) is 168 cm³/mol. The van der Waals surface area contributed by atoms with Crippen molar-refractivity contribution in [3.05, 3.63) is 140 Å². The van der Waals surface area contributed by atoms with E-state index in [1.165, 1.54) is 21.5 Å². The molecule has 4 aromatic heterocycles. The van der Waals surface area contributed by atoms with Gasteiger partial charge in [-0.3, -0.25) is 4.57 Å². The molecule has 0 amide bonds. The molecule has 0 unspecified atom stereocenters. The van der Waals surface area contributed by atoms with Crippen LogP contribution < -0.4 is 0 Å². The highest BCUT2D eigenvalue weighted by Crippen LogP contribution is 2.37. The van der Waals surface area contributed by atoms with Crippen LogP contribution in [-0.2, 0) is 0 Å². The summed E-state index contributed by atoms with van der Waals surface area (Å²) in [6.07, 6.45) is 5.57. The van der Waals surface area contributed by atoms with Gasteiger partial charge in [0, 0.05) is 45.2 Å². The Morgan fingerprint density at radius 3 is 1.86 bits per heavy atom. The average molecular weight is 542 g/mol. The number of aromatic nitrogens is 5. The Morgan fingerprint density at radius 1 is 0.524 bits per heavy atom. The molecule has 0 bridgehead atoms. The van der Waals surface area contributed by atoms with Crippen LogP contribution >= 0.6 is 0 Å². The first-order chi connectivity index (χ1) is 20.8. The Bertz CT molecular complexity index is 2370. The third kappa shape index (κ3) is 3.32. The molecule has 0 saturated heterocycles. The van der Waals surface area contributed by atoms with Gasteiger partial charge in [-0.25, -0.2) is 9.67 Å². The Morgan fingerprint density at radius 2 is 1.17 bits per heavy atom. The molecular weight excluding hydrogens is 518 g/mol. The Kier molecular flexibility index (Phi) is 4.80. The maximum absolute atomic E-state index is 6.50. The van der Waals surface area contributed by atoms with E-state index in [4.69, 9.17) is 9.40 Å². The van der Waals surface area contributed by atoms with Crippen LogP contribution in [0.15, 0.2) is 144 Å². The zero-order chi connectivity index (χ0) is 27.6. The molecule has 0 aliphatic rings. The summed E-state index contributed by atoms with van der Waals surface area (Å²) < 4.78 is 12.8. The second-order valence-corrected chi connectivity index (χ2v) is 10.4. The smallest absolute Gasteiger partial charge is 0.228 e. The van der Waals surface area contributed by atoms with Gasteiger partial charge in [0.05, 0.1) is 34.0 Å². The molecule has 0 radical (unpaired) electrons. The standard InChI is InChI=1S/C36H23N5O/c1-4-14-31-29(13-1)30-18-17-24(21-34(30)40(31)26-10-7-9-25(22-26)39-20-8-19-38-39)36-37-23-35(42-36)41-32-15-5-2-11-27(32)28-12-3-6-16-33(28)41/h1-23H. The topological polar surface area (TPSA) is 53.7 Å². The highest BCUT2D eigenvalue weighted by molar-refractivity contribution is 6.10. The summed E-state index contributed by atoms with van der Waals surface area (Å²) in [6, 6.07) is 42.2. The minimum absolute atomic E-state index is 0.580. The zero-order valence-corrected chi connectivity index (χ0v) is 22.4. The van der Waals surface area contributed by atoms with E-state index < -0.39 is 0 Å². The lowest BCUT2D eigenvalue weighted by molar-refractivity contribution is 0.554. The molecule has 6 heteroatoms. The molecule has 42 heavy (non-hydrogen) atoms. The lowest BCUT2D eigenvalue weighted by atomic mass is 10.1. The number of benzene rings is 5. The predicted octanol–water partition coefficient (Wildman–Crippen LogP) is 8.72. The first-order valence-corrected chi connectivity index (χ1v) is 13.9. The van der Waals surface area contributed by atoms with E-state index in [0.29, 0.717) is 11.8 Å². The summed E-state index contributed by atoms with van der Waals surface area (Å²) in [7, 11) is 0. The van der Waals surface area contributed by atoms with Gasteiger partial charge in [0.1, 0.15) is 0 Å². The minimum atomic E-state index is 0.580. The van der Waals surface area contributed by atoms with E-state index in [2.05, 4.69) is 129 Å². The Hall–Kier alpha value is -5.88. The Balaban J connectivity index is 1.23. The van der Waals surface area contributed by atoms with Crippen LogP contribution in [0.25, 0.3) is 72.3 Å². The van der Waals surface area contributed by atoms with E-state index in [1.807, 2.05) is 23.1 Å². The lowest BCUT2D eigenvalue weighted by Gasteiger charge is -2.10. The Labute approximate surface area is 240 Å². The van der Waals surface area contributed by atoms with Crippen molar-refractivity contribution in [2.45, 2.75) is 0 Å². The quantitative estimate of drug-likeness (QED) is 0.224. The molecule has 0 aliphatic heterocycles. The molecule has 0 N–H and O–H groups in total. The fourth-order valence-corrected chi connectivity index (χ4v) is 6.24. The van der Waals surface area contributed by atoms with E-state index >= 15 is 0 Å². The number of para-hydroxylation sites is 3. The summed E-state index contributed by atoms with van der Waals surface area (Å²) in [5.41, 5.74) is 7.39. The highest BCUT2D eigenvalue weighted by atomic mass is 16.4.